The van der Waals surface area contributed by atoms with Crippen molar-refractivity contribution in [2.45, 2.75) is 20.3 Å². The van der Waals surface area contributed by atoms with Gasteiger partial charge in [0.1, 0.15) is 5.84 Å². The third-order valence-corrected chi connectivity index (χ3v) is 4.52. The molecule has 9 heteroatoms. The zero-order valence-electron chi connectivity index (χ0n) is 15.0. The summed E-state index contributed by atoms with van der Waals surface area (Å²) in [5.74, 6) is -10.7. The standard InChI is InChI=1S/C19H15ClF5N3/c1-9-6-10(2)18(11(20)7-9)27-19(28-5-3-4-26-8-28)12-13(21)15(23)17(25)16(24)14(12)22/h6-8H,3-5H2,1-2H3/b27-19+. The van der Waals surface area contributed by atoms with Crippen LogP contribution >= 0.6 is 11.6 Å². The fourth-order valence-electron chi connectivity index (χ4n) is 2.93. The van der Waals surface area contributed by atoms with Gasteiger partial charge < -0.3 is 4.90 Å². The van der Waals surface area contributed by atoms with Gasteiger partial charge in [0.2, 0.25) is 5.82 Å². The van der Waals surface area contributed by atoms with Crippen LogP contribution in [-0.2, 0) is 0 Å². The summed E-state index contributed by atoms with van der Waals surface area (Å²) in [4.78, 5) is 9.47. The highest BCUT2D eigenvalue weighted by atomic mass is 35.5. The van der Waals surface area contributed by atoms with Gasteiger partial charge >= 0.3 is 0 Å². The van der Waals surface area contributed by atoms with Gasteiger partial charge in [0, 0.05) is 13.1 Å². The summed E-state index contributed by atoms with van der Waals surface area (Å²) >= 11 is 6.22. The average Bonchev–Trinajstić information content (AvgIpc) is 2.66. The van der Waals surface area contributed by atoms with Crippen LogP contribution in [0.15, 0.2) is 22.1 Å². The zero-order chi connectivity index (χ0) is 20.6. The molecule has 2 aromatic carbocycles. The van der Waals surface area contributed by atoms with Gasteiger partial charge in [-0.2, -0.15) is 0 Å². The minimum Gasteiger partial charge on any atom is -0.317 e. The molecule has 2 aromatic rings. The highest BCUT2D eigenvalue weighted by Gasteiger charge is 2.31. The van der Waals surface area contributed by atoms with Gasteiger partial charge in [-0.25, -0.2) is 26.9 Å². The van der Waals surface area contributed by atoms with Gasteiger partial charge in [-0.1, -0.05) is 17.7 Å². The second-order valence-electron chi connectivity index (χ2n) is 6.36. The number of halogens is 6. The molecule has 0 saturated carbocycles. The van der Waals surface area contributed by atoms with Crippen molar-refractivity contribution in [2.75, 3.05) is 13.1 Å². The quantitative estimate of drug-likeness (QED) is 0.210. The van der Waals surface area contributed by atoms with E-state index in [0.717, 1.165) is 5.56 Å². The molecule has 1 aliphatic rings. The Bertz CT molecular complexity index is 952. The van der Waals surface area contributed by atoms with E-state index in [9.17, 15) is 22.0 Å². The number of hydrogen-bond donors (Lipinski definition) is 0. The second-order valence-corrected chi connectivity index (χ2v) is 6.77. The molecular weight excluding hydrogens is 401 g/mol. The van der Waals surface area contributed by atoms with Crippen LogP contribution < -0.4 is 0 Å². The van der Waals surface area contributed by atoms with E-state index >= 15 is 0 Å². The fraction of sp³-hybridized carbons (Fsp3) is 0.263. The summed E-state index contributed by atoms with van der Waals surface area (Å²) in [7, 11) is 0. The molecule has 0 amide bonds. The maximum atomic E-state index is 14.5. The highest BCUT2D eigenvalue weighted by Crippen LogP contribution is 2.33. The topological polar surface area (TPSA) is 28.0 Å². The molecule has 0 aliphatic carbocycles. The Morgan fingerprint density at radius 2 is 1.61 bits per heavy atom. The van der Waals surface area contributed by atoms with Crippen LogP contribution in [0.2, 0.25) is 5.02 Å². The molecule has 1 heterocycles. The number of hydrogen-bond acceptors (Lipinski definition) is 2. The van der Waals surface area contributed by atoms with E-state index in [0.29, 0.717) is 18.5 Å². The molecule has 148 valence electrons. The Labute approximate surface area is 163 Å². The summed E-state index contributed by atoms with van der Waals surface area (Å²) in [6.45, 7) is 4.20. The van der Waals surface area contributed by atoms with Crippen LogP contribution in [0.4, 0.5) is 27.6 Å². The molecule has 0 atom stereocenters. The van der Waals surface area contributed by atoms with Gasteiger partial charge in [0.25, 0.3) is 0 Å². The maximum Gasteiger partial charge on any atom is 0.200 e. The highest BCUT2D eigenvalue weighted by molar-refractivity contribution is 6.33. The number of nitrogens with zero attached hydrogens (tertiary/aromatic N) is 3. The minimum absolute atomic E-state index is 0.171. The van der Waals surface area contributed by atoms with Gasteiger partial charge in [-0.05, 0) is 37.5 Å². The molecule has 3 nitrogen and oxygen atoms in total. The SMILES string of the molecule is Cc1cc(C)c(/N=C(\c2c(F)c(F)c(F)c(F)c2F)N2C=NCCC2)c(Cl)c1. The lowest BCUT2D eigenvalue weighted by molar-refractivity contribution is 0.375. The van der Waals surface area contributed by atoms with E-state index < -0.39 is 40.5 Å². The lowest BCUT2D eigenvalue weighted by Gasteiger charge is -2.25. The van der Waals surface area contributed by atoms with Crippen molar-refractivity contribution in [3.8, 4) is 0 Å². The van der Waals surface area contributed by atoms with Crippen LogP contribution in [-0.4, -0.2) is 30.2 Å². The van der Waals surface area contributed by atoms with E-state index in [1.54, 1.807) is 26.0 Å². The summed E-state index contributed by atoms with van der Waals surface area (Å²) in [5.41, 5.74) is 0.463. The Morgan fingerprint density at radius 3 is 2.14 bits per heavy atom. The van der Waals surface area contributed by atoms with Crippen molar-refractivity contribution < 1.29 is 22.0 Å². The van der Waals surface area contributed by atoms with Crippen molar-refractivity contribution in [3.63, 3.8) is 0 Å². The molecule has 0 radical (unpaired) electrons. The smallest absolute Gasteiger partial charge is 0.200 e. The first-order chi connectivity index (χ1) is 13.2. The summed E-state index contributed by atoms with van der Waals surface area (Å²) in [6, 6.07) is 3.33. The van der Waals surface area contributed by atoms with Crippen LogP contribution in [0.1, 0.15) is 23.1 Å². The monoisotopic (exact) mass is 415 g/mol. The molecule has 0 aromatic heterocycles. The average molecular weight is 416 g/mol. The van der Waals surface area contributed by atoms with Crippen molar-refractivity contribution in [1.82, 2.24) is 4.90 Å². The van der Waals surface area contributed by atoms with Gasteiger partial charge in [0.05, 0.1) is 22.6 Å². The van der Waals surface area contributed by atoms with Gasteiger partial charge in [0.15, 0.2) is 23.3 Å². The summed E-state index contributed by atoms with van der Waals surface area (Å²) in [5, 5.41) is 0.188. The molecule has 0 saturated heterocycles. The van der Waals surface area contributed by atoms with E-state index in [2.05, 4.69) is 9.98 Å². The Kier molecular flexibility index (Phi) is 5.69. The zero-order valence-corrected chi connectivity index (χ0v) is 15.7. The molecule has 0 unspecified atom stereocenters. The Morgan fingerprint density at radius 1 is 1.00 bits per heavy atom. The number of amidine groups is 1. The predicted molar refractivity (Wildman–Crippen MR) is 98.0 cm³/mol. The molecule has 3 rings (SSSR count). The fourth-order valence-corrected chi connectivity index (χ4v) is 3.29. The molecule has 0 N–H and O–H groups in total. The van der Waals surface area contributed by atoms with Crippen LogP contribution in [0.3, 0.4) is 0 Å². The lowest BCUT2D eigenvalue weighted by Crippen LogP contribution is -2.36. The minimum atomic E-state index is -2.23. The normalized spacial score (nSPS) is 14.7. The van der Waals surface area contributed by atoms with Crippen LogP contribution in [0.5, 0.6) is 0 Å². The van der Waals surface area contributed by atoms with E-state index in [-0.39, 0.29) is 17.3 Å². The number of rotatable bonds is 2. The van der Waals surface area contributed by atoms with Crippen molar-refractivity contribution in [3.05, 3.63) is 62.9 Å². The molecule has 0 spiro atoms. The molecule has 28 heavy (non-hydrogen) atoms. The van der Waals surface area contributed by atoms with Gasteiger partial charge in [-0.3, -0.25) is 4.99 Å². The third-order valence-electron chi connectivity index (χ3n) is 4.23. The van der Waals surface area contributed by atoms with Crippen LogP contribution in [0, 0.1) is 42.9 Å². The first-order valence-corrected chi connectivity index (χ1v) is 8.74. The van der Waals surface area contributed by atoms with E-state index in [1.165, 1.54) is 11.2 Å². The summed E-state index contributed by atoms with van der Waals surface area (Å²) < 4.78 is 70.0. The van der Waals surface area contributed by atoms with Gasteiger partial charge in [-0.15, -0.1) is 0 Å². The first-order valence-electron chi connectivity index (χ1n) is 8.36. The molecule has 1 aliphatic heterocycles. The Balaban J connectivity index is 2.32. The van der Waals surface area contributed by atoms with E-state index in [1.807, 2.05) is 0 Å². The number of aliphatic imine (C=N–C) groups is 2. The van der Waals surface area contributed by atoms with Crippen molar-refractivity contribution in [1.29, 1.82) is 0 Å². The molecule has 0 fully saturated rings. The van der Waals surface area contributed by atoms with Crippen molar-refractivity contribution >= 4 is 29.5 Å². The third kappa shape index (κ3) is 3.61. The Hall–Kier alpha value is -2.48. The number of benzene rings is 2. The molecular formula is C19H15ClF5N3. The predicted octanol–water partition coefficient (Wildman–Crippen LogP) is 5.46. The van der Waals surface area contributed by atoms with Crippen molar-refractivity contribution in [2.24, 2.45) is 9.98 Å². The first kappa shape index (κ1) is 20.3. The molecule has 0 bridgehead atoms. The lowest BCUT2D eigenvalue weighted by atomic mass is 10.1. The second kappa shape index (κ2) is 7.87. The summed E-state index contributed by atoms with van der Waals surface area (Å²) in [6.07, 6.45) is 1.78. The van der Waals surface area contributed by atoms with E-state index in [4.69, 9.17) is 11.6 Å². The maximum absolute atomic E-state index is 14.5. The largest absolute Gasteiger partial charge is 0.317 e. The number of aryl methyl sites for hydroxylation is 2. The van der Waals surface area contributed by atoms with Crippen LogP contribution in [0.25, 0.3) is 0 Å².